The number of nitrogens with one attached hydrogen (secondary N) is 1. The number of rotatable bonds is 6. The molecule has 0 bridgehead atoms. The van der Waals surface area contributed by atoms with Crippen molar-refractivity contribution in [2.24, 2.45) is 0 Å². The fourth-order valence-corrected chi connectivity index (χ4v) is 5.27. The van der Waals surface area contributed by atoms with Gasteiger partial charge in [-0.05, 0) is 55.6 Å². The number of amides is 1. The molecule has 7 nitrogen and oxygen atoms in total. The largest absolute Gasteiger partial charge is 0.367 e. The molecule has 0 unspecified atom stereocenters. The van der Waals surface area contributed by atoms with Gasteiger partial charge in [-0.2, -0.15) is 0 Å². The first-order chi connectivity index (χ1) is 16.3. The van der Waals surface area contributed by atoms with Crippen molar-refractivity contribution < 1.29 is 13.2 Å². The molecule has 1 heterocycles. The molecule has 3 aromatic carbocycles. The van der Waals surface area contributed by atoms with Crippen LogP contribution in [0.2, 0.25) is 5.02 Å². The number of sulfonamides is 1. The van der Waals surface area contributed by atoms with Crippen LogP contribution in [0.3, 0.4) is 0 Å². The van der Waals surface area contributed by atoms with Gasteiger partial charge < -0.3 is 15.1 Å². The van der Waals surface area contributed by atoms with Crippen LogP contribution >= 0.6 is 11.6 Å². The van der Waals surface area contributed by atoms with Gasteiger partial charge in [0.1, 0.15) is 0 Å². The molecule has 1 aliphatic rings. The summed E-state index contributed by atoms with van der Waals surface area (Å²) in [6, 6.07) is 20.3. The van der Waals surface area contributed by atoms with Crippen molar-refractivity contribution in [2.75, 3.05) is 54.8 Å². The Balaban J connectivity index is 1.59. The third-order valence-corrected chi connectivity index (χ3v) is 7.94. The number of benzene rings is 3. The van der Waals surface area contributed by atoms with E-state index in [4.69, 9.17) is 11.6 Å². The fourth-order valence-electron chi connectivity index (χ4n) is 3.86. The minimum absolute atomic E-state index is 0.0388. The van der Waals surface area contributed by atoms with Gasteiger partial charge >= 0.3 is 0 Å². The van der Waals surface area contributed by atoms with Crippen LogP contribution in [0.25, 0.3) is 0 Å². The average molecular weight is 499 g/mol. The molecule has 0 spiro atoms. The van der Waals surface area contributed by atoms with Gasteiger partial charge in [-0.1, -0.05) is 35.9 Å². The Hall–Kier alpha value is -3.07. The molecule has 34 heavy (non-hydrogen) atoms. The lowest BCUT2D eigenvalue weighted by Gasteiger charge is -2.35. The van der Waals surface area contributed by atoms with Crippen molar-refractivity contribution >= 4 is 44.6 Å². The highest BCUT2D eigenvalue weighted by Gasteiger charge is 2.23. The Morgan fingerprint density at radius 2 is 1.65 bits per heavy atom. The molecule has 4 rings (SSSR count). The summed E-state index contributed by atoms with van der Waals surface area (Å²) in [5, 5.41) is 3.44. The highest BCUT2D eigenvalue weighted by molar-refractivity contribution is 7.92. The Labute approximate surface area is 205 Å². The van der Waals surface area contributed by atoms with Crippen LogP contribution in [0, 0.1) is 0 Å². The number of para-hydroxylation sites is 1. The molecule has 0 aliphatic carbocycles. The van der Waals surface area contributed by atoms with Gasteiger partial charge in [-0.3, -0.25) is 9.10 Å². The molecule has 1 aliphatic heterocycles. The normalized spacial score (nSPS) is 14.6. The molecule has 0 saturated carbocycles. The Morgan fingerprint density at radius 1 is 0.941 bits per heavy atom. The first-order valence-corrected chi connectivity index (χ1v) is 12.8. The molecule has 3 aromatic rings. The second-order valence-electron chi connectivity index (χ2n) is 8.24. The molecule has 178 valence electrons. The van der Waals surface area contributed by atoms with Crippen LogP contribution in [-0.4, -0.2) is 59.5 Å². The monoisotopic (exact) mass is 498 g/mol. The number of hydrogen-bond acceptors (Lipinski definition) is 5. The van der Waals surface area contributed by atoms with Crippen molar-refractivity contribution in [1.82, 2.24) is 4.90 Å². The number of carbonyl (C=O) groups excluding carboxylic acids is 1. The van der Waals surface area contributed by atoms with Gasteiger partial charge in [-0.15, -0.1) is 0 Å². The zero-order valence-corrected chi connectivity index (χ0v) is 20.7. The third kappa shape index (κ3) is 5.19. The first kappa shape index (κ1) is 24.1. The summed E-state index contributed by atoms with van der Waals surface area (Å²) in [5.41, 5.74) is 2.26. The van der Waals surface area contributed by atoms with E-state index >= 15 is 0 Å². The summed E-state index contributed by atoms with van der Waals surface area (Å²) >= 11 is 6.22. The topological polar surface area (TPSA) is 73.0 Å². The van der Waals surface area contributed by atoms with Crippen LogP contribution in [0.15, 0.2) is 77.7 Å². The van der Waals surface area contributed by atoms with Crippen molar-refractivity contribution in [2.45, 2.75) is 4.90 Å². The average Bonchev–Trinajstić information content (AvgIpc) is 2.85. The predicted molar refractivity (Wildman–Crippen MR) is 138 cm³/mol. The van der Waals surface area contributed by atoms with E-state index in [1.807, 2.05) is 12.1 Å². The molecular weight excluding hydrogens is 472 g/mol. The lowest BCUT2D eigenvalue weighted by molar-refractivity contribution is 0.102. The molecule has 9 heteroatoms. The van der Waals surface area contributed by atoms with Gasteiger partial charge in [0.25, 0.3) is 15.9 Å². The van der Waals surface area contributed by atoms with Gasteiger partial charge in [0.05, 0.1) is 22.0 Å². The Morgan fingerprint density at radius 3 is 2.35 bits per heavy atom. The van der Waals surface area contributed by atoms with Crippen LogP contribution in [0.4, 0.5) is 17.1 Å². The number of anilines is 3. The van der Waals surface area contributed by atoms with Crippen molar-refractivity contribution in [3.05, 3.63) is 83.4 Å². The number of hydrogen-bond donors (Lipinski definition) is 1. The van der Waals surface area contributed by atoms with Gasteiger partial charge in [0.2, 0.25) is 0 Å². The third-order valence-electron chi connectivity index (χ3n) is 5.93. The zero-order chi connectivity index (χ0) is 24.3. The quantitative estimate of drug-likeness (QED) is 0.552. The molecule has 1 N–H and O–H groups in total. The molecule has 0 radical (unpaired) electrons. The summed E-state index contributed by atoms with van der Waals surface area (Å²) in [6.07, 6.45) is 0. The van der Waals surface area contributed by atoms with E-state index in [0.29, 0.717) is 16.4 Å². The number of piperazine rings is 1. The fraction of sp³-hybridized carbons (Fsp3) is 0.240. The zero-order valence-electron chi connectivity index (χ0n) is 19.1. The van der Waals surface area contributed by atoms with Gasteiger partial charge in [0.15, 0.2) is 0 Å². The second-order valence-corrected chi connectivity index (χ2v) is 10.6. The molecule has 0 atom stereocenters. The first-order valence-electron chi connectivity index (χ1n) is 10.9. The maximum Gasteiger partial charge on any atom is 0.264 e. The summed E-state index contributed by atoms with van der Waals surface area (Å²) in [7, 11) is -0.266. The maximum absolute atomic E-state index is 13.2. The van der Waals surface area contributed by atoms with Crippen molar-refractivity contribution in [3.63, 3.8) is 0 Å². The van der Waals surface area contributed by atoms with E-state index in [2.05, 4.69) is 22.2 Å². The van der Waals surface area contributed by atoms with Crippen molar-refractivity contribution in [3.8, 4) is 0 Å². The highest BCUT2D eigenvalue weighted by Crippen LogP contribution is 2.31. The smallest absolute Gasteiger partial charge is 0.264 e. The van der Waals surface area contributed by atoms with E-state index in [1.54, 1.807) is 48.5 Å². The van der Waals surface area contributed by atoms with Crippen molar-refractivity contribution in [1.29, 1.82) is 0 Å². The standard InChI is InChI=1S/C25H27ClN4O3S/c1-28-13-15-30(16-14-28)24-12-11-20(26)18-23(24)27-25(31)19-7-6-10-22(17-19)34(32,33)29(2)21-8-4-3-5-9-21/h3-12,17-18H,13-16H2,1-2H3,(H,27,31). The predicted octanol–water partition coefficient (Wildman–Crippen LogP) is 4.17. The lowest BCUT2D eigenvalue weighted by Crippen LogP contribution is -2.44. The summed E-state index contributed by atoms with van der Waals surface area (Å²) in [4.78, 5) is 17.6. The number of nitrogens with zero attached hydrogens (tertiary/aromatic N) is 3. The van der Waals surface area contributed by atoms with Crippen LogP contribution in [0.5, 0.6) is 0 Å². The van der Waals surface area contributed by atoms with E-state index in [9.17, 15) is 13.2 Å². The van der Waals surface area contributed by atoms with Crippen LogP contribution < -0.4 is 14.5 Å². The van der Waals surface area contributed by atoms with Gasteiger partial charge in [0, 0.05) is 43.8 Å². The molecular formula is C25H27ClN4O3S. The maximum atomic E-state index is 13.2. The summed E-state index contributed by atoms with van der Waals surface area (Å²) in [6.45, 7) is 3.51. The van der Waals surface area contributed by atoms with E-state index in [-0.39, 0.29) is 10.5 Å². The molecule has 0 aromatic heterocycles. The molecule has 1 saturated heterocycles. The van der Waals surface area contributed by atoms with Crippen LogP contribution in [0.1, 0.15) is 10.4 Å². The van der Waals surface area contributed by atoms with Crippen LogP contribution in [-0.2, 0) is 10.0 Å². The molecule has 1 fully saturated rings. The Kier molecular flexibility index (Phi) is 7.11. The second kappa shape index (κ2) is 10.0. The number of halogens is 1. The highest BCUT2D eigenvalue weighted by atomic mass is 35.5. The van der Waals surface area contributed by atoms with Gasteiger partial charge in [-0.25, -0.2) is 8.42 Å². The number of likely N-dealkylation sites (N-methyl/N-ethyl adjacent to an activating group) is 1. The molecule has 1 amide bonds. The van der Waals surface area contributed by atoms with E-state index in [0.717, 1.165) is 31.9 Å². The minimum Gasteiger partial charge on any atom is -0.367 e. The van der Waals surface area contributed by atoms with E-state index < -0.39 is 15.9 Å². The SMILES string of the molecule is CN1CCN(c2ccc(Cl)cc2NC(=O)c2cccc(S(=O)(=O)N(C)c3ccccc3)c2)CC1. The van der Waals surface area contributed by atoms with E-state index in [1.165, 1.54) is 23.5 Å². The lowest BCUT2D eigenvalue weighted by atomic mass is 10.1. The number of carbonyl (C=O) groups is 1. The summed E-state index contributed by atoms with van der Waals surface area (Å²) in [5.74, 6) is -0.406. The minimum atomic E-state index is -3.84. The summed E-state index contributed by atoms with van der Waals surface area (Å²) < 4.78 is 27.5. The Bertz CT molecular complexity index is 1280.